The van der Waals surface area contributed by atoms with Crippen molar-refractivity contribution in [2.24, 2.45) is 5.41 Å². The van der Waals surface area contributed by atoms with Crippen molar-refractivity contribution in [3.8, 4) is 0 Å². The summed E-state index contributed by atoms with van der Waals surface area (Å²) in [6.45, 7) is 9.53. The van der Waals surface area contributed by atoms with Crippen LogP contribution in [0.4, 0.5) is 0 Å². The standard InChI is InChI=1S/C21H44/c1-5-8-10-12-13-14-15-17-20-21(4,18-7-3)19-16-11-9-6-2/h5-20H2,1-4H3. The second-order valence-electron chi connectivity index (χ2n) is 7.60. The van der Waals surface area contributed by atoms with E-state index >= 15 is 0 Å². The maximum atomic E-state index is 2.56. The monoisotopic (exact) mass is 296 g/mol. The third-order valence-electron chi connectivity index (χ3n) is 5.12. The maximum Gasteiger partial charge on any atom is -0.0326 e. The van der Waals surface area contributed by atoms with Crippen molar-refractivity contribution in [2.45, 2.75) is 130 Å². The molecule has 0 rings (SSSR count). The summed E-state index contributed by atoms with van der Waals surface area (Å²) < 4.78 is 0. The molecular formula is C21H44. The second-order valence-corrected chi connectivity index (χ2v) is 7.60. The predicted molar refractivity (Wildman–Crippen MR) is 99.0 cm³/mol. The van der Waals surface area contributed by atoms with E-state index in [1.54, 1.807) is 0 Å². The van der Waals surface area contributed by atoms with E-state index in [1.165, 1.54) is 103 Å². The van der Waals surface area contributed by atoms with Gasteiger partial charge in [0.25, 0.3) is 0 Å². The van der Waals surface area contributed by atoms with Gasteiger partial charge in [-0.25, -0.2) is 0 Å². The van der Waals surface area contributed by atoms with Crippen LogP contribution < -0.4 is 0 Å². The summed E-state index contributed by atoms with van der Waals surface area (Å²) in [5.41, 5.74) is 0.644. The van der Waals surface area contributed by atoms with Gasteiger partial charge in [-0.15, -0.1) is 0 Å². The van der Waals surface area contributed by atoms with Crippen molar-refractivity contribution in [1.29, 1.82) is 0 Å². The van der Waals surface area contributed by atoms with Crippen molar-refractivity contribution < 1.29 is 0 Å². The zero-order valence-electron chi connectivity index (χ0n) is 15.8. The molecule has 0 heterocycles. The lowest BCUT2D eigenvalue weighted by Crippen LogP contribution is -2.16. The van der Waals surface area contributed by atoms with Crippen LogP contribution in [-0.2, 0) is 0 Å². The van der Waals surface area contributed by atoms with E-state index in [4.69, 9.17) is 0 Å². The molecule has 0 aliphatic rings. The van der Waals surface area contributed by atoms with E-state index in [0.717, 1.165) is 0 Å². The zero-order valence-corrected chi connectivity index (χ0v) is 15.8. The number of unbranched alkanes of at least 4 members (excludes halogenated alkanes) is 10. The van der Waals surface area contributed by atoms with Gasteiger partial charge in [0.1, 0.15) is 0 Å². The molecule has 1 atom stereocenters. The van der Waals surface area contributed by atoms with Crippen molar-refractivity contribution in [1.82, 2.24) is 0 Å². The van der Waals surface area contributed by atoms with Crippen LogP contribution in [-0.4, -0.2) is 0 Å². The van der Waals surface area contributed by atoms with Crippen molar-refractivity contribution in [3.05, 3.63) is 0 Å². The first kappa shape index (κ1) is 21.0. The zero-order chi connectivity index (χ0) is 15.8. The minimum absolute atomic E-state index is 0.644. The number of hydrogen-bond acceptors (Lipinski definition) is 0. The van der Waals surface area contributed by atoms with E-state index in [9.17, 15) is 0 Å². The summed E-state index contributed by atoms with van der Waals surface area (Å²) in [6.07, 6.45) is 23.1. The van der Waals surface area contributed by atoms with Crippen LogP contribution in [0, 0.1) is 5.41 Å². The smallest absolute Gasteiger partial charge is 0.0326 e. The summed E-state index contributed by atoms with van der Waals surface area (Å²) in [5.74, 6) is 0. The summed E-state index contributed by atoms with van der Waals surface area (Å²) in [4.78, 5) is 0. The molecule has 0 bridgehead atoms. The van der Waals surface area contributed by atoms with Gasteiger partial charge in [-0.05, 0) is 24.7 Å². The third kappa shape index (κ3) is 13.4. The molecule has 0 aromatic heterocycles. The van der Waals surface area contributed by atoms with E-state index in [2.05, 4.69) is 27.7 Å². The fourth-order valence-corrected chi connectivity index (χ4v) is 3.64. The van der Waals surface area contributed by atoms with Crippen LogP contribution in [0.5, 0.6) is 0 Å². The molecule has 0 saturated carbocycles. The molecule has 0 radical (unpaired) electrons. The Balaban J connectivity index is 3.66. The summed E-state index contributed by atoms with van der Waals surface area (Å²) in [6, 6.07) is 0. The second kappa shape index (κ2) is 14.9. The van der Waals surface area contributed by atoms with Gasteiger partial charge in [0.05, 0.1) is 0 Å². The lowest BCUT2D eigenvalue weighted by Gasteiger charge is -2.29. The van der Waals surface area contributed by atoms with Crippen molar-refractivity contribution in [3.63, 3.8) is 0 Å². The molecule has 0 aliphatic heterocycles. The lowest BCUT2D eigenvalue weighted by molar-refractivity contribution is 0.228. The topological polar surface area (TPSA) is 0 Å². The Morgan fingerprint density at radius 3 is 1.24 bits per heavy atom. The molecule has 0 aromatic carbocycles. The Morgan fingerprint density at radius 2 is 0.810 bits per heavy atom. The first-order valence-electron chi connectivity index (χ1n) is 10.2. The molecule has 0 aliphatic carbocycles. The minimum atomic E-state index is 0.644. The van der Waals surface area contributed by atoms with Gasteiger partial charge < -0.3 is 0 Å². The van der Waals surface area contributed by atoms with Crippen LogP contribution in [0.3, 0.4) is 0 Å². The van der Waals surface area contributed by atoms with Gasteiger partial charge in [0.2, 0.25) is 0 Å². The molecule has 0 heteroatoms. The normalized spacial score (nSPS) is 14.3. The van der Waals surface area contributed by atoms with Crippen molar-refractivity contribution in [2.75, 3.05) is 0 Å². The molecule has 21 heavy (non-hydrogen) atoms. The Bertz CT molecular complexity index is 196. The summed E-state index contributed by atoms with van der Waals surface area (Å²) in [5, 5.41) is 0. The van der Waals surface area contributed by atoms with E-state index < -0.39 is 0 Å². The quantitative estimate of drug-likeness (QED) is 0.251. The van der Waals surface area contributed by atoms with Crippen LogP contribution in [0.15, 0.2) is 0 Å². The van der Waals surface area contributed by atoms with Crippen LogP contribution in [0.2, 0.25) is 0 Å². The van der Waals surface area contributed by atoms with E-state index in [1.807, 2.05) is 0 Å². The van der Waals surface area contributed by atoms with Gasteiger partial charge in [0.15, 0.2) is 0 Å². The molecular weight excluding hydrogens is 252 g/mol. The van der Waals surface area contributed by atoms with Crippen LogP contribution in [0.25, 0.3) is 0 Å². The largest absolute Gasteiger partial charge is 0.0654 e. The highest BCUT2D eigenvalue weighted by Gasteiger charge is 2.21. The Hall–Kier alpha value is 0. The SMILES string of the molecule is CCCCCCCCCCC(C)(CCC)CCCCCC. The van der Waals surface area contributed by atoms with E-state index in [-0.39, 0.29) is 0 Å². The fraction of sp³-hybridized carbons (Fsp3) is 1.00. The Morgan fingerprint density at radius 1 is 0.429 bits per heavy atom. The Kier molecular flexibility index (Phi) is 14.9. The highest BCUT2D eigenvalue weighted by atomic mass is 14.3. The van der Waals surface area contributed by atoms with Crippen molar-refractivity contribution >= 4 is 0 Å². The molecule has 0 aromatic rings. The third-order valence-corrected chi connectivity index (χ3v) is 5.12. The molecule has 0 amide bonds. The molecule has 128 valence electrons. The van der Waals surface area contributed by atoms with E-state index in [0.29, 0.717) is 5.41 Å². The van der Waals surface area contributed by atoms with Gasteiger partial charge in [-0.3, -0.25) is 0 Å². The van der Waals surface area contributed by atoms with Crippen LogP contribution in [0.1, 0.15) is 130 Å². The minimum Gasteiger partial charge on any atom is -0.0654 e. The fourth-order valence-electron chi connectivity index (χ4n) is 3.64. The Labute approximate surface area is 136 Å². The lowest BCUT2D eigenvalue weighted by atomic mass is 9.76. The molecule has 0 saturated heterocycles. The number of hydrogen-bond donors (Lipinski definition) is 0. The summed E-state index contributed by atoms with van der Waals surface area (Å²) in [7, 11) is 0. The maximum absolute atomic E-state index is 2.56. The molecule has 0 fully saturated rings. The predicted octanol–water partition coefficient (Wildman–Crippen LogP) is 8.29. The molecule has 0 spiro atoms. The first-order valence-corrected chi connectivity index (χ1v) is 10.2. The molecule has 0 nitrogen and oxygen atoms in total. The molecule has 0 N–H and O–H groups in total. The summed E-state index contributed by atoms with van der Waals surface area (Å²) >= 11 is 0. The van der Waals surface area contributed by atoms with Gasteiger partial charge in [-0.1, -0.05) is 111 Å². The van der Waals surface area contributed by atoms with Gasteiger partial charge in [0, 0.05) is 0 Å². The van der Waals surface area contributed by atoms with Gasteiger partial charge in [-0.2, -0.15) is 0 Å². The number of rotatable bonds is 16. The molecule has 1 unspecified atom stereocenters. The average Bonchev–Trinajstić information content (AvgIpc) is 2.47. The van der Waals surface area contributed by atoms with Crippen LogP contribution >= 0.6 is 0 Å². The highest BCUT2D eigenvalue weighted by molar-refractivity contribution is 4.74. The average molecular weight is 297 g/mol. The van der Waals surface area contributed by atoms with Gasteiger partial charge >= 0.3 is 0 Å². The first-order chi connectivity index (χ1) is 10.2. The highest BCUT2D eigenvalue weighted by Crippen LogP contribution is 2.35.